The summed E-state index contributed by atoms with van der Waals surface area (Å²) in [6.45, 7) is 0. The Kier molecular flexibility index (Phi) is 3.51. The zero-order chi connectivity index (χ0) is 13.8. The molecule has 0 amide bonds. The van der Waals surface area contributed by atoms with Crippen LogP contribution in [-0.4, -0.2) is 34.0 Å². The second-order valence-electron chi connectivity index (χ2n) is 3.54. The number of nitrogens with one attached hydrogen (secondary N) is 1. The summed E-state index contributed by atoms with van der Waals surface area (Å²) < 4.78 is 5.04. The summed E-state index contributed by atoms with van der Waals surface area (Å²) >= 11 is 0. The van der Waals surface area contributed by atoms with Gasteiger partial charge in [0.2, 0.25) is 5.82 Å². The number of ether oxygens (including phenoxy) is 1. The summed E-state index contributed by atoms with van der Waals surface area (Å²) in [5, 5.41) is 13.8. The fourth-order valence-electron chi connectivity index (χ4n) is 1.61. The lowest BCUT2D eigenvalue weighted by Crippen LogP contribution is -2.03. The van der Waals surface area contributed by atoms with Gasteiger partial charge in [-0.25, -0.2) is 9.97 Å². The summed E-state index contributed by atoms with van der Waals surface area (Å²) in [6.07, 6.45) is 4.25. The minimum absolute atomic E-state index is 0.151. The van der Waals surface area contributed by atoms with Crippen molar-refractivity contribution in [2.75, 3.05) is 19.5 Å². The minimum Gasteiger partial charge on any atom is -0.495 e. The monoisotopic (exact) mass is 261 g/mol. The normalized spacial score (nSPS) is 10.0. The van der Waals surface area contributed by atoms with E-state index in [1.807, 2.05) is 0 Å². The second kappa shape index (κ2) is 5.25. The highest BCUT2D eigenvalue weighted by Gasteiger charge is 2.23. The van der Waals surface area contributed by atoms with E-state index >= 15 is 0 Å². The highest BCUT2D eigenvalue weighted by Crippen LogP contribution is 2.33. The standard InChI is InChI=1S/C11H11N5O3/c1-12-11-10(16(17)18)9(14-6-15-11)7-3-8(19-2)5-13-4-7/h3-6H,1-2H3,(H,12,14,15). The fourth-order valence-corrected chi connectivity index (χ4v) is 1.61. The minimum atomic E-state index is -0.527. The van der Waals surface area contributed by atoms with Gasteiger partial charge in [0.15, 0.2) is 5.69 Å². The molecule has 0 aliphatic rings. The van der Waals surface area contributed by atoms with Gasteiger partial charge in [-0.3, -0.25) is 15.1 Å². The van der Waals surface area contributed by atoms with E-state index < -0.39 is 4.92 Å². The number of pyridine rings is 1. The highest BCUT2D eigenvalue weighted by molar-refractivity contribution is 5.76. The Hall–Kier alpha value is -2.77. The number of anilines is 1. The molecular formula is C11H11N5O3. The largest absolute Gasteiger partial charge is 0.495 e. The van der Waals surface area contributed by atoms with Crippen molar-refractivity contribution in [3.8, 4) is 17.0 Å². The summed E-state index contributed by atoms with van der Waals surface area (Å²) in [6, 6.07) is 1.63. The molecular weight excluding hydrogens is 250 g/mol. The van der Waals surface area contributed by atoms with Gasteiger partial charge in [-0.1, -0.05) is 0 Å². The molecule has 1 N–H and O–H groups in total. The second-order valence-corrected chi connectivity index (χ2v) is 3.54. The number of aromatic nitrogens is 3. The first kappa shape index (κ1) is 12.7. The lowest BCUT2D eigenvalue weighted by molar-refractivity contribution is -0.383. The molecule has 19 heavy (non-hydrogen) atoms. The Labute approximate surface area is 108 Å². The molecule has 0 atom stereocenters. The number of hydrogen-bond donors (Lipinski definition) is 1. The van der Waals surface area contributed by atoms with Crippen LogP contribution in [0.2, 0.25) is 0 Å². The maximum atomic E-state index is 11.2. The van der Waals surface area contributed by atoms with Crippen LogP contribution in [0.4, 0.5) is 11.5 Å². The van der Waals surface area contributed by atoms with Crippen molar-refractivity contribution < 1.29 is 9.66 Å². The van der Waals surface area contributed by atoms with Crippen LogP contribution in [0.3, 0.4) is 0 Å². The number of nitro groups is 1. The summed E-state index contributed by atoms with van der Waals surface area (Å²) in [5.41, 5.74) is 0.487. The first-order valence-corrected chi connectivity index (χ1v) is 5.34. The van der Waals surface area contributed by atoms with E-state index in [9.17, 15) is 10.1 Å². The third-order valence-electron chi connectivity index (χ3n) is 2.46. The fraction of sp³-hybridized carbons (Fsp3) is 0.182. The van der Waals surface area contributed by atoms with E-state index in [1.165, 1.54) is 25.8 Å². The molecule has 0 unspecified atom stereocenters. The van der Waals surface area contributed by atoms with E-state index in [0.717, 1.165) is 0 Å². The number of hydrogen-bond acceptors (Lipinski definition) is 7. The van der Waals surface area contributed by atoms with Crippen molar-refractivity contribution in [3.63, 3.8) is 0 Å². The van der Waals surface area contributed by atoms with Crippen molar-refractivity contribution in [1.29, 1.82) is 0 Å². The molecule has 0 fully saturated rings. The molecule has 8 heteroatoms. The number of rotatable bonds is 4. The predicted molar refractivity (Wildman–Crippen MR) is 68.0 cm³/mol. The Bertz CT molecular complexity index is 617. The zero-order valence-electron chi connectivity index (χ0n) is 10.3. The molecule has 2 rings (SSSR count). The van der Waals surface area contributed by atoms with Gasteiger partial charge in [0.25, 0.3) is 0 Å². The quantitative estimate of drug-likeness (QED) is 0.656. The summed E-state index contributed by atoms with van der Waals surface area (Å²) in [4.78, 5) is 22.4. The van der Waals surface area contributed by atoms with Gasteiger partial charge in [0.05, 0.1) is 18.2 Å². The molecule has 0 aliphatic carbocycles. The van der Waals surface area contributed by atoms with Gasteiger partial charge in [-0.15, -0.1) is 0 Å². The van der Waals surface area contributed by atoms with E-state index in [4.69, 9.17) is 4.74 Å². The highest BCUT2D eigenvalue weighted by atomic mass is 16.6. The van der Waals surface area contributed by atoms with Crippen LogP contribution in [0.15, 0.2) is 24.8 Å². The van der Waals surface area contributed by atoms with Crippen LogP contribution in [-0.2, 0) is 0 Å². The average Bonchev–Trinajstić information content (AvgIpc) is 2.46. The Morgan fingerprint density at radius 2 is 2.16 bits per heavy atom. The van der Waals surface area contributed by atoms with Gasteiger partial charge in [-0.05, 0) is 6.07 Å². The SMILES string of the molecule is CNc1ncnc(-c2cncc(OC)c2)c1[N+](=O)[O-]. The van der Waals surface area contributed by atoms with Crippen molar-refractivity contribution in [1.82, 2.24) is 15.0 Å². The van der Waals surface area contributed by atoms with E-state index in [0.29, 0.717) is 11.3 Å². The molecule has 0 bridgehead atoms. The smallest absolute Gasteiger partial charge is 0.337 e. The third-order valence-corrected chi connectivity index (χ3v) is 2.46. The molecule has 98 valence electrons. The lowest BCUT2D eigenvalue weighted by atomic mass is 10.1. The summed E-state index contributed by atoms with van der Waals surface area (Å²) in [5.74, 6) is 0.647. The van der Waals surface area contributed by atoms with Crippen LogP contribution < -0.4 is 10.1 Å². The van der Waals surface area contributed by atoms with Gasteiger partial charge in [-0.2, -0.15) is 0 Å². The molecule has 0 aliphatic heterocycles. The van der Waals surface area contributed by atoms with Crippen LogP contribution in [0, 0.1) is 10.1 Å². The van der Waals surface area contributed by atoms with Crippen LogP contribution in [0.1, 0.15) is 0 Å². The van der Waals surface area contributed by atoms with Crippen molar-refractivity contribution in [3.05, 3.63) is 34.9 Å². The van der Waals surface area contributed by atoms with E-state index in [1.54, 1.807) is 13.1 Å². The van der Waals surface area contributed by atoms with Gasteiger partial charge in [0.1, 0.15) is 12.1 Å². The van der Waals surface area contributed by atoms with Crippen LogP contribution in [0.25, 0.3) is 11.3 Å². The van der Waals surface area contributed by atoms with Crippen LogP contribution in [0.5, 0.6) is 5.75 Å². The molecule has 2 aromatic heterocycles. The molecule has 2 heterocycles. The summed E-state index contributed by atoms with van der Waals surface area (Å²) in [7, 11) is 3.05. The van der Waals surface area contributed by atoms with Crippen molar-refractivity contribution in [2.45, 2.75) is 0 Å². The first-order valence-electron chi connectivity index (χ1n) is 5.34. The average molecular weight is 261 g/mol. The van der Waals surface area contributed by atoms with E-state index in [2.05, 4.69) is 20.3 Å². The molecule has 0 spiro atoms. The number of methoxy groups -OCH3 is 1. The molecule has 2 aromatic rings. The molecule has 0 aromatic carbocycles. The molecule has 0 saturated carbocycles. The Morgan fingerprint density at radius 1 is 1.37 bits per heavy atom. The molecule has 8 nitrogen and oxygen atoms in total. The van der Waals surface area contributed by atoms with Gasteiger partial charge < -0.3 is 10.1 Å². The Morgan fingerprint density at radius 3 is 2.79 bits per heavy atom. The number of nitrogens with zero attached hydrogens (tertiary/aromatic N) is 4. The van der Waals surface area contributed by atoms with Crippen LogP contribution >= 0.6 is 0 Å². The van der Waals surface area contributed by atoms with E-state index in [-0.39, 0.29) is 17.2 Å². The van der Waals surface area contributed by atoms with Crippen molar-refractivity contribution >= 4 is 11.5 Å². The predicted octanol–water partition coefficient (Wildman–Crippen LogP) is 1.50. The van der Waals surface area contributed by atoms with Gasteiger partial charge >= 0.3 is 5.69 Å². The molecule has 0 saturated heterocycles. The maximum Gasteiger partial charge on any atom is 0.337 e. The van der Waals surface area contributed by atoms with Crippen molar-refractivity contribution in [2.24, 2.45) is 0 Å². The zero-order valence-corrected chi connectivity index (χ0v) is 10.3. The Balaban J connectivity index is 2.64. The lowest BCUT2D eigenvalue weighted by Gasteiger charge is -2.06. The first-order chi connectivity index (χ1) is 9.17. The maximum absolute atomic E-state index is 11.2. The topological polar surface area (TPSA) is 103 Å². The molecule has 0 radical (unpaired) electrons. The third kappa shape index (κ3) is 2.41. The van der Waals surface area contributed by atoms with Gasteiger partial charge in [0, 0.05) is 18.8 Å².